The average molecular weight is 409 g/mol. The molecule has 0 unspecified atom stereocenters. The summed E-state index contributed by atoms with van der Waals surface area (Å²) in [5, 5.41) is 0. The van der Waals surface area contributed by atoms with Crippen molar-refractivity contribution >= 4 is 11.8 Å². The first kappa shape index (κ1) is 26.0. The van der Waals surface area contributed by atoms with E-state index in [1.165, 1.54) is 0 Å². The van der Waals surface area contributed by atoms with Crippen molar-refractivity contribution in [2.45, 2.75) is 95.4 Å². The molecule has 170 valence electrons. The summed E-state index contributed by atoms with van der Waals surface area (Å²) < 4.78 is 0. The summed E-state index contributed by atoms with van der Waals surface area (Å²) >= 11 is 0. The molecule has 0 aromatic heterocycles. The second-order valence-electron chi connectivity index (χ2n) is 12.4. The Morgan fingerprint density at radius 3 is 1.38 bits per heavy atom. The van der Waals surface area contributed by atoms with Crippen molar-refractivity contribution in [1.82, 2.24) is 9.80 Å². The number of rotatable bonds is 8. The first-order chi connectivity index (χ1) is 12.9. The predicted octanol–water partition coefficient (Wildman–Crippen LogP) is 5.61. The number of nitrogens with zero attached hydrogens (tertiary/aromatic N) is 2. The number of piperazine rings is 1. The fourth-order valence-corrected chi connectivity index (χ4v) is 4.78. The van der Waals surface area contributed by atoms with Gasteiger partial charge in [-0.15, -0.1) is 0 Å². The molecule has 0 aliphatic carbocycles. The molecule has 1 saturated heterocycles. The third-order valence-corrected chi connectivity index (χ3v) is 7.35. The highest BCUT2D eigenvalue weighted by Gasteiger charge is 2.41. The maximum Gasteiger partial charge on any atom is 0.228 e. The molecule has 0 aromatic rings. The smallest absolute Gasteiger partial charge is 0.228 e. The molecule has 0 saturated carbocycles. The van der Waals surface area contributed by atoms with Crippen LogP contribution in [0.1, 0.15) is 95.4 Å². The van der Waals surface area contributed by atoms with Gasteiger partial charge >= 0.3 is 0 Å². The van der Waals surface area contributed by atoms with Crippen LogP contribution in [0.25, 0.3) is 0 Å². The van der Waals surface area contributed by atoms with Gasteiger partial charge in [-0.25, -0.2) is 0 Å². The van der Waals surface area contributed by atoms with Crippen molar-refractivity contribution in [3.8, 4) is 0 Å². The minimum Gasteiger partial charge on any atom is -0.339 e. The van der Waals surface area contributed by atoms with Gasteiger partial charge in [-0.2, -0.15) is 0 Å². The molecule has 1 heterocycles. The summed E-state index contributed by atoms with van der Waals surface area (Å²) in [7, 11) is 0. The minimum absolute atomic E-state index is 0.118. The third-order valence-electron chi connectivity index (χ3n) is 7.35. The van der Waals surface area contributed by atoms with Crippen LogP contribution in [-0.4, -0.2) is 47.8 Å². The summed E-state index contributed by atoms with van der Waals surface area (Å²) in [6, 6.07) is 0. The average Bonchev–Trinajstić information content (AvgIpc) is 2.58. The summed E-state index contributed by atoms with van der Waals surface area (Å²) in [4.78, 5) is 30.4. The van der Waals surface area contributed by atoms with Gasteiger partial charge in [-0.1, -0.05) is 82.6 Å². The highest BCUT2D eigenvalue weighted by molar-refractivity contribution is 5.84. The minimum atomic E-state index is -0.385. The maximum atomic E-state index is 13.2. The molecule has 1 rings (SSSR count). The zero-order valence-corrected chi connectivity index (χ0v) is 21.2. The van der Waals surface area contributed by atoms with Crippen molar-refractivity contribution in [3.05, 3.63) is 0 Å². The number of hydrogen-bond acceptors (Lipinski definition) is 2. The van der Waals surface area contributed by atoms with Crippen LogP contribution < -0.4 is 0 Å². The van der Waals surface area contributed by atoms with Crippen molar-refractivity contribution in [1.29, 1.82) is 0 Å². The molecule has 0 atom stereocenters. The van der Waals surface area contributed by atoms with Crippen LogP contribution in [0, 0.1) is 27.6 Å². The Kier molecular flexibility index (Phi) is 8.04. The lowest BCUT2D eigenvalue weighted by molar-refractivity contribution is -0.151. The van der Waals surface area contributed by atoms with Gasteiger partial charge in [-0.3, -0.25) is 9.59 Å². The Morgan fingerprint density at radius 1 is 0.724 bits per heavy atom. The first-order valence-corrected chi connectivity index (χ1v) is 11.5. The zero-order valence-electron chi connectivity index (χ0n) is 21.2. The lowest BCUT2D eigenvalue weighted by atomic mass is 9.69. The molecule has 29 heavy (non-hydrogen) atoms. The van der Waals surface area contributed by atoms with E-state index in [2.05, 4.69) is 76.2 Å². The lowest BCUT2D eigenvalue weighted by Gasteiger charge is -2.44. The SMILES string of the molecule is CCC(C)(C)CC(C)(C)C(=O)N1CCN(C(=O)C(C)(C)CC(C)(C)C(C)C)CC1. The van der Waals surface area contributed by atoms with Crippen LogP contribution in [0.4, 0.5) is 0 Å². The molecule has 4 heteroatoms. The van der Waals surface area contributed by atoms with Crippen molar-refractivity contribution in [2.24, 2.45) is 27.6 Å². The van der Waals surface area contributed by atoms with Crippen molar-refractivity contribution < 1.29 is 9.59 Å². The van der Waals surface area contributed by atoms with Gasteiger partial charge in [0.15, 0.2) is 0 Å². The van der Waals surface area contributed by atoms with Crippen LogP contribution >= 0.6 is 0 Å². The summed E-state index contributed by atoms with van der Waals surface area (Å²) in [6.07, 6.45) is 2.81. The van der Waals surface area contributed by atoms with E-state index >= 15 is 0 Å². The monoisotopic (exact) mass is 408 g/mol. The van der Waals surface area contributed by atoms with E-state index in [-0.39, 0.29) is 33.5 Å². The van der Waals surface area contributed by atoms with E-state index < -0.39 is 0 Å². The van der Waals surface area contributed by atoms with Crippen LogP contribution in [0.3, 0.4) is 0 Å². The Morgan fingerprint density at radius 2 is 1.07 bits per heavy atom. The Hall–Kier alpha value is -1.06. The van der Waals surface area contributed by atoms with Crippen molar-refractivity contribution in [3.63, 3.8) is 0 Å². The highest BCUT2D eigenvalue weighted by Crippen LogP contribution is 2.40. The normalized spacial score (nSPS) is 17.1. The molecule has 1 fully saturated rings. The van der Waals surface area contributed by atoms with E-state index in [9.17, 15) is 9.59 Å². The number of carbonyl (C=O) groups excluding carboxylic acids is 2. The standard InChI is InChI=1S/C25H48N2O2/c1-12-22(4,5)17-24(8,9)20(28)26-13-15-27(16-14-26)21(29)25(10,11)18-23(6,7)19(2)3/h19H,12-18H2,1-11H3. The lowest BCUT2D eigenvalue weighted by Crippen LogP contribution is -2.56. The quantitative estimate of drug-likeness (QED) is 0.524. The van der Waals surface area contributed by atoms with Crippen LogP contribution in [0.5, 0.6) is 0 Å². The van der Waals surface area contributed by atoms with Gasteiger partial charge in [0.2, 0.25) is 11.8 Å². The molecular weight excluding hydrogens is 360 g/mol. The molecule has 0 radical (unpaired) electrons. The van der Waals surface area contributed by atoms with Gasteiger partial charge in [0.1, 0.15) is 0 Å². The first-order valence-electron chi connectivity index (χ1n) is 11.5. The predicted molar refractivity (Wildman–Crippen MR) is 123 cm³/mol. The van der Waals surface area contributed by atoms with E-state index in [0.29, 0.717) is 32.1 Å². The Labute approximate surface area is 180 Å². The molecular formula is C25H48N2O2. The number of carbonyl (C=O) groups is 2. The van der Waals surface area contributed by atoms with E-state index in [1.54, 1.807) is 0 Å². The maximum absolute atomic E-state index is 13.2. The molecule has 4 nitrogen and oxygen atoms in total. The number of hydrogen-bond donors (Lipinski definition) is 0. The van der Waals surface area contributed by atoms with Gasteiger partial charge in [-0.05, 0) is 29.6 Å². The second kappa shape index (κ2) is 8.98. The van der Waals surface area contributed by atoms with Crippen molar-refractivity contribution in [2.75, 3.05) is 26.2 Å². The highest BCUT2D eigenvalue weighted by atomic mass is 16.2. The number of amides is 2. The third kappa shape index (κ3) is 6.72. The van der Waals surface area contributed by atoms with Crippen LogP contribution in [-0.2, 0) is 9.59 Å². The summed E-state index contributed by atoms with van der Waals surface area (Å²) in [5.41, 5.74) is -0.478. The fraction of sp³-hybridized carbons (Fsp3) is 0.920. The Balaban J connectivity index is 2.74. The fourth-order valence-electron chi connectivity index (χ4n) is 4.78. The largest absolute Gasteiger partial charge is 0.339 e. The van der Waals surface area contributed by atoms with Crippen LogP contribution in [0.15, 0.2) is 0 Å². The van der Waals surface area contributed by atoms with Gasteiger partial charge in [0, 0.05) is 37.0 Å². The summed E-state index contributed by atoms with van der Waals surface area (Å²) in [6.45, 7) is 26.5. The second-order valence-corrected chi connectivity index (χ2v) is 12.4. The van der Waals surface area contributed by atoms with E-state index in [4.69, 9.17) is 0 Å². The topological polar surface area (TPSA) is 40.6 Å². The molecule has 1 aliphatic rings. The molecule has 0 bridgehead atoms. The van der Waals surface area contributed by atoms with E-state index in [1.807, 2.05) is 9.80 Å². The van der Waals surface area contributed by atoms with Gasteiger partial charge < -0.3 is 9.80 Å². The molecule has 2 amide bonds. The van der Waals surface area contributed by atoms with Gasteiger partial charge in [0.25, 0.3) is 0 Å². The molecule has 1 aliphatic heterocycles. The zero-order chi connectivity index (χ0) is 22.8. The van der Waals surface area contributed by atoms with Gasteiger partial charge in [0.05, 0.1) is 0 Å². The van der Waals surface area contributed by atoms with Crippen LogP contribution in [0.2, 0.25) is 0 Å². The van der Waals surface area contributed by atoms with E-state index in [0.717, 1.165) is 19.3 Å². The molecule has 0 spiro atoms. The molecule has 0 aromatic carbocycles. The molecule has 0 N–H and O–H groups in total. The Bertz CT molecular complexity index is 580. The summed E-state index contributed by atoms with van der Waals surface area (Å²) in [5.74, 6) is 0.981.